The Labute approximate surface area is 142 Å². The summed E-state index contributed by atoms with van der Waals surface area (Å²) in [5.41, 5.74) is 1.22. The molecule has 6 nitrogen and oxygen atoms in total. The van der Waals surface area contributed by atoms with Gasteiger partial charge in [0.1, 0.15) is 5.75 Å². The molecule has 0 aliphatic carbocycles. The number of rotatable bonds is 5. The molecule has 8 heteroatoms. The van der Waals surface area contributed by atoms with Crippen molar-refractivity contribution < 1.29 is 4.74 Å². The second-order valence-corrected chi connectivity index (χ2v) is 7.59. The van der Waals surface area contributed by atoms with E-state index in [0.717, 1.165) is 39.6 Å². The summed E-state index contributed by atoms with van der Waals surface area (Å²) in [7, 11) is 1.69. The first kappa shape index (κ1) is 14.9. The number of hydrogen-bond acceptors (Lipinski definition) is 7. The lowest BCUT2D eigenvalue weighted by atomic mass is 10.2. The minimum absolute atomic E-state index is 0.281. The smallest absolute Gasteiger partial charge is 0.235 e. The van der Waals surface area contributed by atoms with Crippen molar-refractivity contribution in [3.63, 3.8) is 0 Å². The van der Waals surface area contributed by atoms with E-state index in [4.69, 9.17) is 4.74 Å². The molecule has 1 fully saturated rings. The SMILES string of the molecule is COc1cccc(CSc2nn3c(C4CCCN4)nnc3s2)c1. The third-order valence-corrected chi connectivity index (χ3v) is 5.97. The van der Waals surface area contributed by atoms with Gasteiger partial charge in [-0.25, -0.2) is 0 Å². The van der Waals surface area contributed by atoms with Crippen molar-refractivity contribution in [1.82, 2.24) is 25.1 Å². The van der Waals surface area contributed by atoms with E-state index in [1.165, 1.54) is 12.0 Å². The molecule has 23 heavy (non-hydrogen) atoms. The molecular weight excluding hydrogens is 330 g/mol. The summed E-state index contributed by atoms with van der Waals surface area (Å²) in [4.78, 5) is 0.863. The summed E-state index contributed by atoms with van der Waals surface area (Å²) >= 11 is 3.31. The van der Waals surface area contributed by atoms with Crippen LogP contribution in [0, 0.1) is 0 Å². The van der Waals surface area contributed by atoms with Gasteiger partial charge in [-0.2, -0.15) is 4.52 Å². The van der Waals surface area contributed by atoms with Crippen molar-refractivity contribution in [2.75, 3.05) is 13.7 Å². The summed E-state index contributed by atoms with van der Waals surface area (Å²) in [6.07, 6.45) is 2.28. The van der Waals surface area contributed by atoms with Gasteiger partial charge in [0, 0.05) is 5.75 Å². The number of thioether (sulfide) groups is 1. The van der Waals surface area contributed by atoms with Gasteiger partial charge in [0.15, 0.2) is 10.2 Å². The van der Waals surface area contributed by atoms with Crippen molar-refractivity contribution in [3.05, 3.63) is 35.7 Å². The fourth-order valence-electron chi connectivity index (χ4n) is 2.70. The molecular formula is C15H17N5OS2. The van der Waals surface area contributed by atoms with E-state index in [-0.39, 0.29) is 6.04 Å². The Balaban J connectivity index is 1.50. The normalized spacial score (nSPS) is 17.9. The second-order valence-electron chi connectivity index (χ2n) is 5.41. The molecule has 0 spiro atoms. The summed E-state index contributed by atoms with van der Waals surface area (Å²) in [5.74, 6) is 2.68. The maximum Gasteiger partial charge on any atom is 0.235 e. The number of aromatic nitrogens is 4. The first-order valence-electron chi connectivity index (χ1n) is 7.55. The van der Waals surface area contributed by atoms with Crippen LogP contribution in [0.4, 0.5) is 0 Å². The molecule has 4 rings (SSSR count). The lowest BCUT2D eigenvalue weighted by molar-refractivity contribution is 0.414. The van der Waals surface area contributed by atoms with E-state index in [1.807, 2.05) is 16.6 Å². The van der Waals surface area contributed by atoms with Crippen LogP contribution in [-0.4, -0.2) is 33.5 Å². The lowest BCUT2D eigenvalue weighted by Crippen LogP contribution is -2.16. The zero-order valence-corrected chi connectivity index (χ0v) is 14.4. The predicted molar refractivity (Wildman–Crippen MR) is 91.2 cm³/mol. The Morgan fingerprint density at radius 2 is 2.39 bits per heavy atom. The van der Waals surface area contributed by atoms with E-state index in [1.54, 1.807) is 30.2 Å². The fourth-order valence-corrected chi connectivity index (χ4v) is 4.53. The third-order valence-electron chi connectivity index (χ3n) is 3.86. The molecule has 1 aromatic carbocycles. The highest BCUT2D eigenvalue weighted by Gasteiger charge is 2.23. The van der Waals surface area contributed by atoms with Crippen molar-refractivity contribution in [3.8, 4) is 5.75 Å². The van der Waals surface area contributed by atoms with Gasteiger partial charge in [0.05, 0.1) is 13.2 Å². The average Bonchev–Trinajstić information content (AvgIpc) is 3.29. The van der Waals surface area contributed by atoms with Gasteiger partial charge in [-0.15, -0.1) is 15.3 Å². The fraction of sp³-hybridized carbons (Fsp3) is 0.400. The van der Waals surface area contributed by atoms with Gasteiger partial charge in [-0.1, -0.05) is 35.2 Å². The van der Waals surface area contributed by atoms with Gasteiger partial charge in [-0.3, -0.25) is 0 Å². The molecule has 0 saturated carbocycles. The standard InChI is InChI=1S/C15H17N5OS2/c1-21-11-5-2-4-10(8-11)9-22-15-19-20-13(12-6-3-7-16-12)17-18-14(20)23-15/h2,4-5,8,12,16H,3,6-7,9H2,1H3. The van der Waals surface area contributed by atoms with Crippen LogP contribution in [0.3, 0.4) is 0 Å². The topological polar surface area (TPSA) is 64.3 Å². The zero-order chi connectivity index (χ0) is 15.6. The number of fused-ring (bicyclic) bond motifs is 1. The molecule has 1 saturated heterocycles. The van der Waals surface area contributed by atoms with Crippen LogP contribution in [0.15, 0.2) is 28.6 Å². The number of methoxy groups -OCH3 is 1. The Morgan fingerprint density at radius 1 is 1.43 bits per heavy atom. The predicted octanol–water partition coefficient (Wildman–Crippen LogP) is 2.91. The van der Waals surface area contributed by atoms with Gasteiger partial charge >= 0.3 is 0 Å². The molecule has 3 aromatic rings. The minimum Gasteiger partial charge on any atom is -0.497 e. The first-order valence-corrected chi connectivity index (χ1v) is 9.35. The maximum absolute atomic E-state index is 5.26. The number of hydrogen-bond donors (Lipinski definition) is 1. The van der Waals surface area contributed by atoms with Gasteiger partial charge < -0.3 is 10.1 Å². The third kappa shape index (κ3) is 3.06. The molecule has 1 aliphatic heterocycles. The summed E-state index contributed by atoms with van der Waals surface area (Å²) < 4.78 is 8.17. The first-order chi connectivity index (χ1) is 11.3. The highest BCUT2D eigenvalue weighted by atomic mass is 32.2. The summed E-state index contributed by atoms with van der Waals surface area (Å²) in [6, 6.07) is 8.41. The van der Waals surface area contributed by atoms with E-state index in [2.05, 4.69) is 32.7 Å². The van der Waals surface area contributed by atoms with Crippen molar-refractivity contribution >= 4 is 28.1 Å². The quantitative estimate of drug-likeness (QED) is 0.716. The molecule has 3 heterocycles. The van der Waals surface area contributed by atoms with Gasteiger partial charge in [0.2, 0.25) is 4.96 Å². The van der Waals surface area contributed by atoms with Gasteiger partial charge in [-0.05, 0) is 37.1 Å². The van der Waals surface area contributed by atoms with Crippen LogP contribution in [-0.2, 0) is 5.75 Å². The van der Waals surface area contributed by atoms with E-state index < -0.39 is 0 Å². The Kier molecular flexibility index (Phi) is 4.19. The Bertz CT molecular complexity index is 809. The zero-order valence-electron chi connectivity index (χ0n) is 12.7. The highest BCUT2D eigenvalue weighted by Crippen LogP contribution is 2.30. The molecule has 120 valence electrons. The highest BCUT2D eigenvalue weighted by molar-refractivity contribution is 8.00. The largest absolute Gasteiger partial charge is 0.497 e. The van der Waals surface area contributed by atoms with Crippen LogP contribution >= 0.6 is 23.1 Å². The van der Waals surface area contributed by atoms with Gasteiger partial charge in [0.25, 0.3) is 0 Å². The number of nitrogens with one attached hydrogen (secondary N) is 1. The van der Waals surface area contributed by atoms with Crippen molar-refractivity contribution in [1.29, 1.82) is 0 Å². The molecule has 2 aromatic heterocycles. The second kappa shape index (κ2) is 6.46. The van der Waals surface area contributed by atoms with Crippen molar-refractivity contribution in [2.24, 2.45) is 0 Å². The van der Waals surface area contributed by atoms with Crippen molar-refractivity contribution in [2.45, 2.75) is 29.0 Å². The molecule has 0 amide bonds. The minimum atomic E-state index is 0.281. The summed E-state index contributed by atoms with van der Waals surface area (Å²) in [5, 5.41) is 16.7. The number of benzene rings is 1. The van der Waals surface area contributed by atoms with Crippen LogP contribution in [0.5, 0.6) is 5.75 Å². The number of nitrogens with zero attached hydrogens (tertiary/aromatic N) is 4. The average molecular weight is 347 g/mol. The van der Waals surface area contributed by atoms with Crippen LogP contribution in [0.1, 0.15) is 30.3 Å². The molecule has 0 radical (unpaired) electrons. The van der Waals surface area contributed by atoms with Crippen LogP contribution < -0.4 is 10.1 Å². The molecule has 1 atom stereocenters. The maximum atomic E-state index is 5.26. The Morgan fingerprint density at radius 3 is 3.22 bits per heavy atom. The molecule has 1 aliphatic rings. The Hall–Kier alpha value is -1.64. The summed E-state index contributed by atoms with van der Waals surface area (Å²) in [6.45, 7) is 1.04. The van der Waals surface area contributed by atoms with Crippen LogP contribution in [0.2, 0.25) is 0 Å². The van der Waals surface area contributed by atoms with E-state index in [9.17, 15) is 0 Å². The molecule has 1 unspecified atom stereocenters. The van der Waals surface area contributed by atoms with E-state index in [0.29, 0.717) is 0 Å². The van der Waals surface area contributed by atoms with Crippen LogP contribution in [0.25, 0.3) is 4.96 Å². The van der Waals surface area contributed by atoms with E-state index >= 15 is 0 Å². The monoisotopic (exact) mass is 347 g/mol. The molecule has 0 bridgehead atoms. The molecule has 1 N–H and O–H groups in total. The number of ether oxygens (including phenoxy) is 1. The lowest BCUT2D eigenvalue weighted by Gasteiger charge is -2.05.